The fourth-order valence-corrected chi connectivity index (χ4v) is 6.65. The Morgan fingerprint density at radius 2 is 1.81 bits per heavy atom. The zero-order chi connectivity index (χ0) is 38.6. The number of aromatic nitrogens is 4. The van der Waals surface area contributed by atoms with Crippen molar-refractivity contribution < 1.29 is 37.0 Å². The molecule has 0 saturated carbocycles. The number of piperazine rings is 1. The molecule has 2 saturated heterocycles. The van der Waals surface area contributed by atoms with Gasteiger partial charge in [-0.1, -0.05) is 13.8 Å². The van der Waals surface area contributed by atoms with E-state index in [0.29, 0.717) is 30.0 Å². The quantitative estimate of drug-likeness (QED) is 0.162. The molecule has 3 aromatic heterocycles. The van der Waals surface area contributed by atoms with Gasteiger partial charge < -0.3 is 40.2 Å². The molecule has 2 fully saturated rings. The second-order valence-electron chi connectivity index (χ2n) is 13.5. The lowest BCUT2D eigenvalue weighted by atomic mass is 10.0. The highest BCUT2D eigenvalue weighted by Crippen LogP contribution is 2.37. The number of carbonyl (C=O) groups is 3. The molecule has 54 heavy (non-hydrogen) atoms. The Hall–Kier alpha value is -5.71. The lowest BCUT2D eigenvalue weighted by molar-refractivity contribution is -0.274. The van der Waals surface area contributed by atoms with E-state index in [9.17, 15) is 27.6 Å². The number of H-pyrrole nitrogens is 1. The number of hydrogen-bond donors (Lipinski definition) is 4. The fourth-order valence-electron chi connectivity index (χ4n) is 6.65. The van der Waals surface area contributed by atoms with Gasteiger partial charge >= 0.3 is 12.5 Å². The third kappa shape index (κ3) is 8.73. The van der Waals surface area contributed by atoms with Crippen molar-refractivity contribution >= 4 is 29.4 Å². The van der Waals surface area contributed by atoms with Gasteiger partial charge in [-0.2, -0.15) is 0 Å². The number of nitrogens with zero attached hydrogens (tertiary/aromatic N) is 5. The minimum atomic E-state index is -5.01. The number of hydrogen-bond acceptors (Lipinski definition) is 10. The second kappa shape index (κ2) is 16.1. The van der Waals surface area contributed by atoms with Crippen LogP contribution in [0.4, 0.5) is 29.5 Å². The van der Waals surface area contributed by atoms with Crippen LogP contribution in [-0.2, 0) is 9.53 Å². The Labute approximate surface area is 309 Å². The van der Waals surface area contributed by atoms with Crippen molar-refractivity contribution in [3.8, 4) is 28.3 Å². The SMILES string of the molecule is COC(=O)N[C@H](C(=O)N1CCCC1c1ncc(-c2ccc(-c3ccc(NC(=O)c4ccc(N5CCNCC5C)nc4)cc3OC(F)(F)F)nc2)[nH]1)C(C)C. The number of rotatable bonds is 10. The average molecular weight is 750 g/mol. The molecule has 0 bridgehead atoms. The first kappa shape index (κ1) is 38.0. The minimum Gasteiger partial charge on any atom is -0.453 e. The molecule has 2 aliphatic heterocycles. The number of pyridine rings is 2. The van der Waals surface area contributed by atoms with E-state index in [-0.39, 0.29) is 46.4 Å². The van der Waals surface area contributed by atoms with Crippen LogP contribution in [0.1, 0.15) is 55.8 Å². The van der Waals surface area contributed by atoms with Gasteiger partial charge in [-0.05, 0) is 62.1 Å². The maximum Gasteiger partial charge on any atom is 0.573 e. The monoisotopic (exact) mass is 749 g/mol. The van der Waals surface area contributed by atoms with Crippen LogP contribution in [0.15, 0.2) is 61.1 Å². The third-order valence-electron chi connectivity index (χ3n) is 9.46. The van der Waals surface area contributed by atoms with Crippen LogP contribution in [0.25, 0.3) is 22.5 Å². The number of aromatic amines is 1. The summed E-state index contributed by atoms with van der Waals surface area (Å²) in [6.07, 6.45) is 0.239. The summed E-state index contributed by atoms with van der Waals surface area (Å²) in [5, 5.41) is 8.57. The van der Waals surface area contributed by atoms with Crippen molar-refractivity contribution in [3.63, 3.8) is 0 Å². The highest BCUT2D eigenvalue weighted by atomic mass is 19.4. The first-order valence-corrected chi connectivity index (χ1v) is 17.6. The molecule has 1 aromatic carbocycles. The van der Waals surface area contributed by atoms with E-state index in [2.05, 4.69) is 52.4 Å². The Balaban J connectivity index is 1.17. The zero-order valence-electron chi connectivity index (χ0n) is 30.2. The summed E-state index contributed by atoms with van der Waals surface area (Å²) in [7, 11) is 1.24. The normalized spacial score (nSPS) is 18.0. The highest BCUT2D eigenvalue weighted by Gasteiger charge is 2.38. The van der Waals surface area contributed by atoms with Crippen molar-refractivity contribution in [3.05, 3.63) is 72.4 Å². The lowest BCUT2D eigenvalue weighted by Crippen LogP contribution is -2.51. The molecule has 286 valence electrons. The number of halogens is 3. The van der Waals surface area contributed by atoms with Gasteiger partial charge in [0.1, 0.15) is 23.4 Å². The number of likely N-dealkylation sites (tertiary alicyclic amines) is 1. The highest BCUT2D eigenvalue weighted by molar-refractivity contribution is 6.04. The number of ether oxygens (including phenoxy) is 2. The summed E-state index contributed by atoms with van der Waals surface area (Å²) in [6.45, 7) is 8.65. The topological polar surface area (TPSA) is 167 Å². The van der Waals surface area contributed by atoms with E-state index in [1.54, 1.807) is 35.4 Å². The summed E-state index contributed by atoms with van der Waals surface area (Å²) in [6, 6.07) is 9.67. The molecule has 3 amide bonds. The third-order valence-corrected chi connectivity index (χ3v) is 9.46. The van der Waals surface area contributed by atoms with Crippen LogP contribution < -0.4 is 25.6 Å². The van der Waals surface area contributed by atoms with Crippen LogP contribution >= 0.6 is 0 Å². The van der Waals surface area contributed by atoms with E-state index >= 15 is 0 Å². The fraction of sp³-hybridized carbons (Fsp3) is 0.405. The van der Waals surface area contributed by atoms with Crippen LogP contribution in [0.2, 0.25) is 0 Å². The molecule has 4 aromatic rings. The minimum absolute atomic E-state index is 0.0544. The number of imidazole rings is 1. The van der Waals surface area contributed by atoms with E-state index in [1.165, 1.54) is 31.6 Å². The van der Waals surface area contributed by atoms with Crippen molar-refractivity contribution in [2.75, 3.05) is 43.5 Å². The Morgan fingerprint density at radius 3 is 2.48 bits per heavy atom. The number of methoxy groups -OCH3 is 1. The van der Waals surface area contributed by atoms with Crippen LogP contribution in [-0.4, -0.2) is 94.5 Å². The van der Waals surface area contributed by atoms with Gasteiger partial charge in [0, 0.05) is 67.5 Å². The van der Waals surface area contributed by atoms with Crippen molar-refractivity contribution in [2.45, 2.75) is 58.1 Å². The number of carbonyl (C=O) groups excluding carboxylic acids is 3. The molecule has 6 rings (SSSR count). The van der Waals surface area contributed by atoms with E-state index in [1.807, 2.05) is 13.8 Å². The van der Waals surface area contributed by atoms with Gasteiger partial charge in [-0.3, -0.25) is 14.6 Å². The van der Waals surface area contributed by atoms with Gasteiger partial charge in [0.2, 0.25) is 5.91 Å². The van der Waals surface area contributed by atoms with Crippen molar-refractivity contribution in [1.82, 2.24) is 35.5 Å². The van der Waals surface area contributed by atoms with Gasteiger partial charge in [0.25, 0.3) is 5.91 Å². The summed E-state index contributed by atoms with van der Waals surface area (Å²) in [5.41, 5.74) is 1.78. The van der Waals surface area contributed by atoms with E-state index in [0.717, 1.165) is 37.9 Å². The first-order chi connectivity index (χ1) is 25.8. The average Bonchev–Trinajstić information content (AvgIpc) is 3.84. The van der Waals surface area contributed by atoms with Crippen LogP contribution in [0.5, 0.6) is 5.75 Å². The zero-order valence-corrected chi connectivity index (χ0v) is 30.2. The van der Waals surface area contributed by atoms with Gasteiger partial charge in [-0.25, -0.2) is 14.8 Å². The molecule has 0 radical (unpaired) electrons. The Bertz CT molecular complexity index is 1950. The Kier molecular flexibility index (Phi) is 11.4. The summed E-state index contributed by atoms with van der Waals surface area (Å²) >= 11 is 0. The predicted molar refractivity (Wildman–Crippen MR) is 194 cm³/mol. The maximum atomic E-state index is 13.6. The number of nitrogens with one attached hydrogen (secondary N) is 4. The summed E-state index contributed by atoms with van der Waals surface area (Å²) in [5.74, 6) is -0.221. The number of anilines is 2. The molecular formula is C37H42F3N9O5. The smallest absolute Gasteiger partial charge is 0.453 e. The first-order valence-electron chi connectivity index (χ1n) is 17.6. The Morgan fingerprint density at radius 1 is 1.00 bits per heavy atom. The standard InChI is InChI=1S/C37H42F3N9O5/c1-21(2)32(47-36(52)53-4)35(51)49-14-5-6-29(49)33-44-20-28(46-33)23-7-11-27(42-18-23)26-10-9-25(16-30(26)54-37(38,39)40)45-34(50)24-8-12-31(43-19-24)48-15-13-41-17-22(48)3/h7-12,16,18-22,29,32,41H,5-6,13-15,17H2,1-4H3,(H,44,46)(H,45,50)(H,47,52)/t22?,29?,32-/m0/s1. The molecule has 17 heteroatoms. The van der Waals surface area contributed by atoms with Crippen LogP contribution in [0, 0.1) is 5.92 Å². The maximum absolute atomic E-state index is 13.6. The number of benzene rings is 1. The van der Waals surface area contributed by atoms with Crippen molar-refractivity contribution in [2.24, 2.45) is 5.92 Å². The lowest BCUT2D eigenvalue weighted by Gasteiger charge is -2.34. The van der Waals surface area contributed by atoms with E-state index in [4.69, 9.17) is 4.74 Å². The number of amides is 3. The summed E-state index contributed by atoms with van der Waals surface area (Å²) < 4.78 is 49.8. The molecule has 14 nitrogen and oxygen atoms in total. The van der Waals surface area contributed by atoms with Gasteiger partial charge in [-0.15, -0.1) is 13.2 Å². The number of alkyl halides is 3. The molecule has 5 heterocycles. The van der Waals surface area contributed by atoms with Gasteiger partial charge in [0.15, 0.2) is 0 Å². The molecule has 0 aliphatic carbocycles. The van der Waals surface area contributed by atoms with Gasteiger partial charge in [0.05, 0.1) is 36.3 Å². The van der Waals surface area contributed by atoms with Crippen LogP contribution in [0.3, 0.4) is 0 Å². The second-order valence-corrected chi connectivity index (χ2v) is 13.5. The summed E-state index contributed by atoms with van der Waals surface area (Å²) in [4.78, 5) is 58.9. The molecule has 2 unspecified atom stereocenters. The van der Waals surface area contributed by atoms with Crippen molar-refractivity contribution in [1.29, 1.82) is 0 Å². The predicted octanol–water partition coefficient (Wildman–Crippen LogP) is 5.53. The molecule has 3 atom stereocenters. The van der Waals surface area contributed by atoms with E-state index < -0.39 is 30.2 Å². The molecule has 4 N–H and O–H groups in total. The molecule has 0 spiro atoms. The molecule has 2 aliphatic rings. The largest absolute Gasteiger partial charge is 0.573 e. The number of alkyl carbamates (subject to hydrolysis) is 1. The molecular weight excluding hydrogens is 707 g/mol.